The first-order valence-electron chi connectivity index (χ1n) is 6.66. The molecule has 1 saturated heterocycles. The smallest absolute Gasteiger partial charge is 0.348 e. The molecule has 0 radical (unpaired) electrons. The van der Waals surface area contributed by atoms with Crippen molar-refractivity contribution in [1.29, 1.82) is 0 Å². The first kappa shape index (κ1) is 16.4. The van der Waals surface area contributed by atoms with Gasteiger partial charge in [0.2, 0.25) is 10.0 Å². The highest BCUT2D eigenvalue weighted by Crippen LogP contribution is 2.27. The van der Waals surface area contributed by atoms with Crippen LogP contribution in [0.25, 0.3) is 0 Å². The van der Waals surface area contributed by atoms with E-state index in [1.54, 1.807) is 6.92 Å². The average Bonchev–Trinajstić information content (AvgIpc) is 2.69. The maximum atomic E-state index is 12.1. The molecule has 1 fully saturated rings. The Morgan fingerprint density at radius 1 is 1.38 bits per heavy atom. The fraction of sp³-hybridized carbons (Fsp3) is 0.615. The van der Waals surface area contributed by atoms with Gasteiger partial charge in [0.05, 0.1) is 17.1 Å². The van der Waals surface area contributed by atoms with Gasteiger partial charge in [-0.05, 0) is 26.8 Å². The largest absolute Gasteiger partial charge is 0.458 e. The van der Waals surface area contributed by atoms with Crippen LogP contribution in [0.2, 0.25) is 0 Å². The molecule has 6 nitrogen and oxygen atoms in total. The van der Waals surface area contributed by atoms with Gasteiger partial charge in [0.25, 0.3) is 0 Å². The lowest BCUT2D eigenvalue weighted by molar-refractivity contribution is -0.0854. The van der Waals surface area contributed by atoms with Crippen molar-refractivity contribution in [1.82, 2.24) is 0 Å². The summed E-state index contributed by atoms with van der Waals surface area (Å²) >= 11 is 1.07. The van der Waals surface area contributed by atoms with Crippen LogP contribution in [0.4, 0.5) is 0 Å². The molecule has 0 aromatic carbocycles. The molecule has 0 spiro atoms. The molecule has 0 saturated carbocycles. The first-order valence-corrected chi connectivity index (χ1v) is 9.02. The molecular weight excluding hydrogens is 314 g/mol. The van der Waals surface area contributed by atoms with E-state index in [2.05, 4.69) is 0 Å². The minimum Gasteiger partial charge on any atom is -0.458 e. The van der Waals surface area contributed by atoms with E-state index in [4.69, 9.17) is 14.6 Å². The topological polar surface area (TPSA) is 95.7 Å². The highest BCUT2D eigenvalue weighted by Gasteiger charge is 2.28. The molecule has 118 valence electrons. The number of primary sulfonamides is 1. The number of carbonyl (C=O) groups is 1. The molecule has 2 rings (SSSR count). The van der Waals surface area contributed by atoms with Gasteiger partial charge >= 0.3 is 5.97 Å². The summed E-state index contributed by atoms with van der Waals surface area (Å²) in [4.78, 5) is 12.8. The normalized spacial score (nSPS) is 26.6. The Balaban J connectivity index is 2.11. The van der Waals surface area contributed by atoms with Crippen LogP contribution in [0, 0.1) is 6.92 Å². The molecule has 1 aliphatic rings. The summed E-state index contributed by atoms with van der Waals surface area (Å²) in [6.07, 6.45) is 1.15. The SMILES string of the molecule is Cc1sc(C(=O)OC2CC(C)OC(C)C2)cc1S(N)(=O)=O. The summed E-state index contributed by atoms with van der Waals surface area (Å²) < 4.78 is 33.8. The molecule has 2 unspecified atom stereocenters. The van der Waals surface area contributed by atoms with Crippen molar-refractivity contribution < 1.29 is 22.7 Å². The zero-order valence-electron chi connectivity index (χ0n) is 12.2. The summed E-state index contributed by atoms with van der Waals surface area (Å²) in [6.45, 7) is 5.48. The zero-order valence-corrected chi connectivity index (χ0v) is 13.8. The van der Waals surface area contributed by atoms with Crippen LogP contribution in [-0.4, -0.2) is 32.7 Å². The van der Waals surface area contributed by atoms with Crippen LogP contribution < -0.4 is 5.14 Å². The highest BCUT2D eigenvalue weighted by molar-refractivity contribution is 7.89. The number of ether oxygens (including phenoxy) is 2. The molecule has 2 N–H and O–H groups in total. The molecule has 1 aromatic rings. The van der Waals surface area contributed by atoms with Gasteiger partial charge in [-0.3, -0.25) is 0 Å². The Morgan fingerprint density at radius 3 is 2.43 bits per heavy atom. The van der Waals surface area contributed by atoms with E-state index >= 15 is 0 Å². The Bertz CT molecular complexity index is 627. The second kappa shape index (κ2) is 6.04. The molecule has 21 heavy (non-hydrogen) atoms. The number of carbonyl (C=O) groups excluding carboxylic acids is 1. The van der Waals surface area contributed by atoms with Gasteiger partial charge in [-0.1, -0.05) is 0 Å². The van der Waals surface area contributed by atoms with Gasteiger partial charge in [-0.15, -0.1) is 11.3 Å². The molecule has 2 atom stereocenters. The second-order valence-electron chi connectivity index (χ2n) is 5.33. The van der Waals surface area contributed by atoms with E-state index in [1.807, 2.05) is 13.8 Å². The van der Waals surface area contributed by atoms with Gasteiger partial charge in [0, 0.05) is 17.7 Å². The monoisotopic (exact) mass is 333 g/mol. The maximum absolute atomic E-state index is 12.1. The van der Waals surface area contributed by atoms with Crippen LogP contribution >= 0.6 is 11.3 Å². The van der Waals surface area contributed by atoms with Gasteiger partial charge in [-0.25, -0.2) is 18.4 Å². The number of nitrogens with two attached hydrogens (primary N) is 1. The minimum absolute atomic E-state index is 0.0202. The van der Waals surface area contributed by atoms with E-state index in [9.17, 15) is 13.2 Å². The zero-order chi connectivity index (χ0) is 15.8. The third-order valence-corrected chi connectivity index (χ3v) is 5.50. The van der Waals surface area contributed by atoms with Crippen LogP contribution in [-0.2, 0) is 19.5 Å². The molecule has 1 aromatic heterocycles. The van der Waals surface area contributed by atoms with E-state index < -0.39 is 16.0 Å². The predicted octanol–water partition coefficient (Wildman–Crippen LogP) is 1.82. The lowest BCUT2D eigenvalue weighted by atomic mass is 10.0. The molecule has 1 aliphatic heterocycles. The lowest BCUT2D eigenvalue weighted by Crippen LogP contribution is -2.35. The number of sulfonamides is 1. The highest BCUT2D eigenvalue weighted by atomic mass is 32.2. The summed E-state index contributed by atoms with van der Waals surface area (Å²) in [7, 11) is -3.81. The number of aryl methyl sites for hydroxylation is 1. The summed E-state index contributed by atoms with van der Waals surface area (Å²) in [5.41, 5.74) is 0. The van der Waals surface area contributed by atoms with Crippen molar-refractivity contribution in [2.45, 2.75) is 56.8 Å². The standard InChI is InChI=1S/C13H19NO5S2/c1-7-4-10(5-8(2)18-7)19-13(15)11-6-12(9(3)20-11)21(14,16)17/h6-8,10H,4-5H2,1-3H3,(H2,14,16,17). The fourth-order valence-corrected chi connectivity index (χ4v) is 4.53. The minimum atomic E-state index is -3.81. The van der Waals surface area contributed by atoms with Crippen LogP contribution in [0.15, 0.2) is 11.0 Å². The molecule has 0 amide bonds. The van der Waals surface area contributed by atoms with Gasteiger partial charge in [0.1, 0.15) is 11.0 Å². The van der Waals surface area contributed by atoms with Gasteiger partial charge < -0.3 is 9.47 Å². The fourth-order valence-electron chi connectivity index (χ4n) is 2.50. The van der Waals surface area contributed by atoms with Crippen LogP contribution in [0.5, 0.6) is 0 Å². The van der Waals surface area contributed by atoms with Crippen molar-refractivity contribution in [2.24, 2.45) is 5.14 Å². The van der Waals surface area contributed by atoms with E-state index in [1.165, 1.54) is 6.07 Å². The summed E-state index contributed by atoms with van der Waals surface area (Å²) in [5.74, 6) is -0.510. The first-order chi connectivity index (χ1) is 9.66. The molecule has 2 heterocycles. The quantitative estimate of drug-likeness (QED) is 0.851. The summed E-state index contributed by atoms with van der Waals surface area (Å²) in [5, 5.41) is 5.10. The van der Waals surface area contributed by atoms with E-state index in [0.717, 1.165) is 11.3 Å². The second-order valence-corrected chi connectivity index (χ2v) is 8.12. The third kappa shape index (κ3) is 4.03. The Labute approximate surface area is 128 Å². The van der Waals surface area contributed by atoms with Crippen molar-refractivity contribution >= 4 is 27.3 Å². The van der Waals surface area contributed by atoms with Crippen LogP contribution in [0.1, 0.15) is 41.2 Å². The third-order valence-electron chi connectivity index (χ3n) is 3.31. The average molecular weight is 333 g/mol. The number of hydrogen-bond donors (Lipinski definition) is 1. The number of thiophene rings is 1. The summed E-state index contributed by atoms with van der Waals surface area (Å²) in [6, 6.07) is 1.28. The van der Waals surface area contributed by atoms with Crippen molar-refractivity contribution in [2.75, 3.05) is 0 Å². The number of esters is 1. The number of hydrogen-bond acceptors (Lipinski definition) is 6. The van der Waals surface area contributed by atoms with Crippen molar-refractivity contribution in [3.8, 4) is 0 Å². The predicted molar refractivity (Wildman–Crippen MR) is 78.9 cm³/mol. The van der Waals surface area contributed by atoms with E-state index in [-0.39, 0.29) is 28.1 Å². The van der Waals surface area contributed by atoms with Crippen LogP contribution in [0.3, 0.4) is 0 Å². The maximum Gasteiger partial charge on any atom is 0.348 e. The molecule has 0 bridgehead atoms. The Kier molecular flexibility index (Phi) is 4.72. The lowest BCUT2D eigenvalue weighted by Gasteiger charge is -2.31. The van der Waals surface area contributed by atoms with Crippen molar-refractivity contribution in [3.63, 3.8) is 0 Å². The van der Waals surface area contributed by atoms with Crippen molar-refractivity contribution in [3.05, 3.63) is 15.8 Å². The molecule has 8 heteroatoms. The van der Waals surface area contributed by atoms with E-state index in [0.29, 0.717) is 17.7 Å². The van der Waals surface area contributed by atoms with Gasteiger partial charge in [0.15, 0.2) is 0 Å². The van der Waals surface area contributed by atoms with Gasteiger partial charge in [-0.2, -0.15) is 0 Å². The Morgan fingerprint density at radius 2 is 1.95 bits per heavy atom. The molecule has 0 aliphatic carbocycles. The molecular formula is C13H19NO5S2. The number of rotatable bonds is 3. The Hall–Kier alpha value is -0.960.